The molecule has 2 nitrogen and oxygen atoms in total. The minimum absolute atomic E-state index is 0.0538. The largest absolute Gasteiger partial charge is 0.504 e. The lowest BCUT2D eigenvalue weighted by Crippen LogP contribution is -2.05. The van der Waals surface area contributed by atoms with E-state index in [1.807, 2.05) is 37.3 Å². The van der Waals surface area contributed by atoms with E-state index in [1.54, 1.807) is 0 Å². The van der Waals surface area contributed by atoms with Crippen LogP contribution in [0.2, 0.25) is 0 Å². The van der Waals surface area contributed by atoms with Crippen LogP contribution in [0, 0.1) is 0 Å². The quantitative estimate of drug-likeness (QED) is 0.538. The lowest BCUT2D eigenvalue weighted by Gasteiger charge is -2.06. The van der Waals surface area contributed by atoms with Gasteiger partial charge in [0.15, 0.2) is 5.78 Å². The number of hydrogen-bond donors (Lipinski definition) is 0. The number of carbonyl (C=O) groups is 1. The molecule has 0 spiro atoms. The molecule has 1 unspecified atom stereocenters. The normalized spacial score (nSPS) is 12.7. The Morgan fingerprint density at radius 3 is 2.57 bits per heavy atom. The van der Waals surface area contributed by atoms with E-state index in [1.165, 1.54) is 19.4 Å². The monoisotopic (exact) mass is 190 g/mol. The van der Waals surface area contributed by atoms with Gasteiger partial charge in [-0.15, -0.1) is 0 Å². The predicted molar refractivity (Wildman–Crippen MR) is 56.0 cm³/mol. The smallest absolute Gasteiger partial charge is 0.165 e. The average Bonchev–Trinajstić information content (AvgIpc) is 2.26. The summed E-state index contributed by atoms with van der Waals surface area (Å²) in [6, 6.07) is 9.69. The van der Waals surface area contributed by atoms with Crippen LogP contribution in [0.1, 0.15) is 18.4 Å². The standard InChI is InChI=1S/C12H14O2/c1-10(12(13)8-9-14-2)11-6-4-3-5-7-11/h3-10H,1-2H3/b9-8+. The second kappa shape index (κ2) is 5.22. The van der Waals surface area contributed by atoms with Crippen molar-refractivity contribution in [3.8, 4) is 0 Å². The zero-order chi connectivity index (χ0) is 10.4. The fourth-order valence-corrected chi connectivity index (χ4v) is 1.19. The SMILES string of the molecule is CO/C=C/C(=O)C(C)c1ccccc1. The van der Waals surface area contributed by atoms with Gasteiger partial charge < -0.3 is 4.74 Å². The molecule has 0 amide bonds. The van der Waals surface area contributed by atoms with E-state index >= 15 is 0 Å². The van der Waals surface area contributed by atoms with Crippen molar-refractivity contribution in [1.82, 2.24) is 0 Å². The Labute approximate surface area is 84.2 Å². The summed E-state index contributed by atoms with van der Waals surface area (Å²) in [6.45, 7) is 1.89. The Bertz CT molecular complexity index is 314. The van der Waals surface area contributed by atoms with E-state index in [4.69, 9.17) is 4.74 Å². The van der Waals surface area contributed by atoms with Crippen LogP contribution in [0.4, 0.5) is 0 Å². The highest BCUT2D eigenvalue weighted by Gasteiger charge is 2.11. The molecule has 1 aromatic rings. The third-order valence-electron chi connectivity index (χ3n) is 2.09. The summed E-state index contributed by atoms with van der Waals surface area (Å²) in [6.07, 6.45) is 2.86. The molecular formula is C12H14O2. The van der Waals surface area contributed by atoms with Crippen LogP contribution in [-0.4, -0.2) is 12.9 Å². The minimum Gasteiger partial charge on any atom is -0.504 e. The van der Waals surface area contributed by atoms with Crippen LogP contribution < -0.4 is 0 Å². The Hall–Kier alpha value is -1.57. The molecule has 1 atom stereocenters. The number of hydrogen-bond acceptors (Lipinski definition) is 2. The molecule has 0 aromatic heterocycles. The van der Waals surface area contributed by atoms with E-state index in [9.17, 15) is 4.79 Å². The van der Waals surface area contributed by atoms with Gasteiger partial charge in [-0.25, -0.2) is 0 Å². The molecule has 0 fully saturated rings. The molecule has 14 heavy (non-hydrogen) atoms. The number of methoxy groups -OCH3 is 1. The van der Waals surface area contributed by atoms with Gasteiger partial charge in [-0.3, -0.25) is 4.79 Å². The molecule has 1 aromatic carbocycles. The molecule has 1 rings (SSSR count). The minimum atomic E-state index is -0.109. The van der Waals surface area contributed by atoms with Gasteiger partial charge in [0.25, 0.3) is 0 Å². The highest BCUT2D eigenvalue weighted by atomic mass is 16.5. The van der Waals surface area contributed by atoms with Crippen LogP contribution >= 0.6 is 0 Å². The summed E-state index contributed by atoms with van der Waals surface area (Å²) >= 11 is 0. The van der Waals surface area contributed by atoms with Crippen LogP contribution in [0.5, 0.6) is 0 Å². The molecule has 0 bridgehead atoms. The molecule has 0 heterocycles. The lowest BCUT2D eigenvalue weighted by atomic mass is 9.97. The molecule has 0 aliphatic heterocycles. The van der Waals surface area contributed by atoms with Crippen molar-refractivity contribution in [3.63, 3.8) is 0 Å². The average molecular weight is 190 g/mol. The Morgan fingerprint density at radius 2 is 2.00 bits per heavy atom. The van der Waals surface area contributed by atoms with Crippen molar-refractivity contribution in [3.05, 3.63) is 48.2 Å². The van der Waals surface area contributed by atoms with Gasteiger partial charge in [-0.05, 0) is 5.56 Å². The van der Waals surface area contributed by atoms with Crippen molar-refractivity contribution < 1.29 is 9.53 Å². The van der Waals surface area contributed by atoms with Crippen LogP contribution in [0.25, 0.3) is 0 Å². The molecule has 0 aliphatic rings. The van der Waals surface area contributed by atoms with Gasteiger partial charge in [-0.2, -0.15) is 0 Å². The van der Waals surface area contributed by atoms with Crippen molar-refractivity contribution in [2.75, 3.05) is 7.11 Å². The van der Waals surface area contributed by atoms with E-state index in [0.717, 1.165) is 5.56 Å². The van der Waals surface area contributed by atoms with Crippen molar-refractivity contribution in [1.29, 1.82) is 0 Å². The Kier molecular flexibility index (Phi) is 3.92. The van der Waals surface area contributed by atoms with E-state index < -0.39 is 0 Å². The van der Waals surface area contributed by atoms with Gasteiger partial charge in [0, 0.05) is 12.0 Å². The number of rotatable bonds is 4. The highest BCUT2D eigenvalue weighted by molar-refractivity contribution is 5.94. The van der Waals surface area contributed by atoms with Gasteiger partial charge in [0.05, 0.1) is 13.4 Å². The second-order valence-electron chi connectivity index (χ2n) is 3.07. The van der Waals surface area contributed by atoms with Crippen LogP contribution in [0.3, 0.4) is 0 Å². The zero-order valence-electron chi connectivity index (χ0n) is 8.44. The van der Waals surface area contributed by atoms with Gasteiger partial charge in [-0.1, -0.05) is 37.3 Å². The maximum absolute atomic E-state index is 11.5. The molecule has 0 N–H and O–H groups in total. The summed E-state index contributed by atoms with van der Waals surface area (Å²) < 4.78 is 4.70. The summed E-state index contributed by atoms with van der Waals surface area (Å²) in [5, 5.41) is 0. The first-order valence-corrected chi connectivity index (χ1v) is 4.54. The zero-order valence-corrected chi connectivity index (χ0v) is 8.44. The summed E-state index contributed by atoms with van der Waals surface area (Å²) in [4.78, 5) is 11.5. The highest BCUT2D eigenvalue weighted by Crippen LogP contribution is 2.15. The van der Waals surface area contributed by atoms with Gasteiger partial charge >= 0.3 is 0 Å². The third-order valence-corrected chi connectivity index (χ3v) is 2.09. The first kappa shape index (κ1) is 10.5. The Morgan fingerprint density at radius 1 is 1.36 bits per heavy atom. The van der Waals surface area contributed by atoms with E-state index in [2.05, 4.69) is 0 Å². The second-order valence-corrected chi connectivity index (χ2v) is 3.07. The van der Waals surface area contributed by atoms with Crippen molar-refractivity contribution in [2.45, 2.75) is 12.8 Å². The first-order valence-electron chi connectivity index (χ1n) is 4.54. The number of ketones is 1. The molecule has 0 saturated carbocycles. The number of allylic oxidation sites excluding steroid dienone is 1. The molecule has 2 heteroatoms. The summed E-state index contributed by atoms with van der Waals surface area (Å²) in [5.41, 5.74) is 1.03. The maximum atomic E-state index is 11.5. The number of carbonyl (C=O) groups excluding carboxylic acids is 1. The summed E-state index contributed by atoms with van der Waals surface area (Å²) in [5.74, 6) is -0.0550. The van der Waals surface area contributed by atoms with Gasteiger partial charge in [0.1, 0.15) is 0 Å². The first-order chi connectivity index (χ1) is 6.75. The number of benzene rings is 1. The third kappa shape index (κ3) is 2.73. The molecule has 0 aliphatic carbocycles. The van der Waals surface area contributed by atoms with E-state index in [0.29, 0.717) is 0 Å². The summed E-state index contributed by atoms with van der Waals surface area (Å²) in [7, 11) is 1.52. The maximum Gasteiger partial charge on any atom is 0.165 e. The molecule has 0 radical (unpaired) electrons. The fourth-order valence-electron chi connectivity index (χ4n) is 1.19. The van der Waals surface area contributed by atoms with Crippen molar-refractivity contribution >= 4 is 5.78 Å². The Balaban J connectivity index is 2.71. The van der Waals surface area contributed by atoms with Crippen LogP contribution in [0.15, 0.2) is 42.7 Å². The van der Waals surface area contributed by atoms with Crippen molar-refractivity contribution in [2.24, 2.45) is 0 Å². The molecule has 74 valence electrons. The number of ether oxygens (including phenoxy) is 1. The van der Waals surface area contributed by atoms with Crippen LogP contribution in [-0.2, 0) is 9.53 Å². The lowest BCUT2D eigenvalue weighted by molar-refractivity contribution is -0.115. The fraction of sp³-hybridized carbons (Fsp3) is 0.250. The topological polar surface area (TPSA) is 26.3 Å². The molecule has 0 saturated heterocycles. The predicted octanol–water partition coefficient (Wildman–Crippen LogP) is 2.52. The molecular weight excluding hydrogens is 176 g/mol. The van der Waals surface area contributed by atoms with E-state index in [-0.39, 0.29) is 11.7 Å². The van der Waals surface area contributed by atoms with Gasteiger partial charge in [0.2, 0.25) is 0 Å².